The molecule has 2 rings (SSSR count). The van der Waals surface area contributed by atoms with Gasteiger partial charge in [0.2, 0.25) is 5.91 Å². The smallest absolute Gasteiger partial charge is 0.320 e. The van der Waals surface area contributed by atoms with Gasteiger partial charge in [-0.15, -0.1) is 0 Å². The van der Waals surface area contributed by atoms with Crippen molar-refractivity contribution in [2.24, 2.45) is 0 Å². The van der Waals surface area contributed by atoms with Crippen LogP contribution in [0.4, 0.5) is 4.79 Å². The number of hydrogen-bond donors (Lipinski definition) is 0. The lowest BCUT2D eigenvalue weighted by atomic mass is 10.2. The van der Waals surface area contributed by atoms with Crippen LogP contribution in [0.5, 0.6) is 0 Å². The topological polar surface area (TPSA) is 58.0 Å². The first-order valence-electron chi connectivity index (χ1n) is 10.3. The predicted molar refractivity (Wildman–Crippen MR) is 118 cm³/mol. The van der Waals surface area contributed by atoms with E-state index in [1.807, 2.05) is 55.3 Å². The van der Waals surface area contributed by atoms with E-state index in [0.717, 1.165) is 12.2 Å². The summed E-state index contributed by atoms with van der Waals surface area (Å²) in [7, 11) is 4.95. The third-order valence-corrected chi connectivity index (χ3v) is 4.94. The number of hydrogen-bond acceptors (Lipinski definition) is 3. The molecule has 0 saturated carbocycles. The van der Waals surface area contributed by atoms with Crippen molar-refractivity contribution in [1.82, 2.24) is 19.3 Å². The quantitative estimate of drug-likeness (QED) is 0.601. The number of rotatable bonds is 10. The van der Waals surface area contributed by atoms with Gasteiger partial charge in [-0.3, -0.25) is 4.79 Å². The normalized spacial score (nSPS) is 10.9. The highest BCUT2D eigenvalue weighted by Gasteiger charge is 2.24. The molecule has 2 aromatic rings. The Labute approximate surface area is 179 Å². The lowest BCUT2D eigenvalue weighted by Gasteiger charge is -2.31. The van der Waals surface area contributed by atoms with Crippen molar-refractivity contribution in [2.75, 3.05) is 40.9 Å². The average molecular weight is 415 g/mol. The van der Waals surface area contributed by atoms with Crippen molar-refractivity contribution in [3.63, 3.8) is 0 Å². The summed E-state index contributed by atoms with van der Waals surface area (Å²) in [5, 5.41) is 0. The Kier molecular flexibility index (Phi) is 8.92. The Hall–Kier alpha value is -2.80. The molecule has 7 heteroatoms. The molecule has 1 aromatic heterocycles. The monoisotopic (exact) mass is 414 g/mol. The zero-order chi connectivity index (χ0) is 22.1. The molecule has 0 fully saturated rings. The van der Waals surface area contributed by atoms with Crippen molar-refractivity contribution in [2.45, 2.75) is 33.0 Å². The van der Waals surface area contributed by atoms with E-state index in [-0.39, 0.29) is 24.5 Å². The van der Waals surface area contributed by atoms with Gasteiger partial charge < -0.3 is 24.0 Å². The zero-order valence-electron chi connectivity index (χ0n) is 18.7. The van der Waals surface area contributed by atoms with Crippen LogP contribution < -0.4 is 0 Å². The summed E-state index contributed by atoms with van der Waals surface area (Å²) in [5.41, 5.74) is 2.27. The number of benzene rings is 1. The highest BCUT2D eigenvalue weighted by atomic mass is 16.5. The second-order valence-corrected chi connectivity index (χ2v) is 7.82. The number of ether oxygens (including phenoxy) is 1. The van der Waals surface area contributed by atoms with E-state index in [1.54, 1.807) is 21.2 Å². The van der Waals surface area contributed by atoms with E-state index in [1.165, 1.54) is 15.4 Å². The fraction of sp³-hybridized carbons (Fsp3) is 0.478. The van der Waals surface area contributed by atoms with Crippen molar-refractivity contribution in [1.29, 1.82) is 0 Å². The Morgan fingerprint density at radius 1 is 1.07 bits per heavy atom. The molecule has 30 heavy (non-hydrogen) atoms. The van der Waals surface area contributed by atoms with Crippen LogP contribution in [0.2, 0.25) is 0 Å². The third-order valence-electron chi connectivity index (χ3n) is 4.94. The molecule has 7 nitrogen and oxygen atoms in total. The van der Waals surface area contributed by atoms with Gasteiger partial charge in [-0.25, -0.2) is 4.79 Å². The molecule has 0 unspecified atom stereocenters. The first-order valence-corrected chi connectivity index (χ1v) is 10.3. The molecular weight excluding hydrogens is 380 g/mol. The first kappa shape index (κ1) is 23.5. The van der Waals surface area contributed by atoms with Crippen LogP contribution in [-0.4, -0.2) is 78.1 Å². The third kappa shape index (κ3) is 6.62. The number of methoxy groups -OCH3 is 1. The number of carbonyl (C=O) groups excluding carboxylic acids is 2. The van der Waals surface area contributed by atoms with E-state index >= 15 is 0 Å². The number of amides is 3. The van der Waals surface area contributed by atoms with Crippen LogP contribution in [-0.2, 0) is 22.6 Å². The average Bonchev–Trinajstić information content (AvgIpc) is 3.15. The predicted octanol–water partition coefficient (Wildman–Crippen LogP) is 2.90. The van der Waals surface area contributed by atoms with Gasteiger partial charge in [0.05, 0.1) is 13.2 Å². The fourth-order valence-corrected chi connectivity index (χ4v) is 3.24. The lowest BCUT2D eigenvalue weighted by molar-refractivity contribution is -0.134. The summed E-state index contributed by atoms with van der Waals surface area (Å²) in [6.07, 6.45) is 2.03. The summed E-state index contributed by atoms with van der Waals surface area (Å²) >= 11 is 0. The fourth-order valence-electron chi connectivity index (χ4n) is 3.24. The zero-order valence-corrected chi connectivity index (χ0v) is 18.7. The first-order chi connectivity index (χ1) is 14.3. The number of nitrogens with zero attached hydrogens (tertiary/aromatic N) is 4. The summed E-state index contributed by atoms with van der Waals surface area (Å²) < 4.78 is 7.27. The van der Waals surface area contributed by atoms with E-state index in [0.29, 0.717) is 19.7 Å². The van der Waals surface area contributed by atoms with E-state index < -0.39 is 0 Å². The molecule has 0 atom stereocenters. The molecule has 1 heterocycles. The Bertz CT molecular complexity index is 802. The number of aromatic nitrogens is 1. The number of carbonyl (C=O) groups is 2. The highest BCUT2D eigenvalue weighted by molar-refractivity contribution is 5.84. The van der Waals surface area contributed by atoms with Gasteiger partial charge in [0.1, 0.15) is 6.54 Å². The van der Waals surface area contributed by atoms with Crippen LogP contribution in [0.25, 0.3) is 0 Å². The van der Waals surface area contributed by atoms with Crippen LogP contribution >= 0.6 is 0 Å². The minimum absolute atomic E-state index is 0.0105. The maximum atomic E-state index is 13.1. The highest BCUT2D eigenvalue weighted by Crippen LogP contribution is 2.13. The minimum Gasteiger partial charge on any atom is -0.383 e. The van der Waals surface area contributed by atoms with Crippen molar-refractivity contribution < 1.29 is 14.3 Å². The van der Waals surface area contributed by atoms with Gasteiger partial charge in [-0.2, -0.15) is 0 Å². The molecule has 3 amide bonds. The maximum absolute atomic E-state index is 13.1. The molecule has 0 aliphatic carbocycles. The molecule has 0 bridgehead atoms. The van der Waals surface area contributed by atoms with Crippen LogP contribution in [0, 0.1) is 0 Å². The Balaban J connectivity index is 2.12. The second-order valence-electron chi connectivity index (χ2n) is 7.82. The molecular formula is C23H34N4O3. The van der Waals surface area contributed by atoms with Crippen molar-refractivity contribution >= 4 is 11.9 Å². The van der Waals surface area contributed by atoms with Gasteiger partial charge in [-0.05, 0) is 31.5 Å². The standard InChI is InChI=1S/C23H34N4O3/c1-19(2)27(22(28)18-26(14-15-30-5)23(29)24(3)4)17-21-12-9-13-25(21)16-20-10-7-6-8-11-20/h6-13,19H,14-18H2,1-5H3. The van der Waals surface area contributed by atoms with Crippen LogP contribution in [0.1, 0.15) is 25.1 Å². The van der Waals surface area contributed by atoms with Crippen LogP contribution in [0.3, 0.4) is 0 Å². The van der Waals surface area contributed by atoms with Crippen molar-refractivity contribution in [3.05, 3.63) is 59.9 Å². The SMILES string of the molecule is COCCN(CC(=O)N(Cc1cccn1Cc1ccccc1)C(C)C)C(=O)N(C)C. The molecule has 0 saturated heterocycles. The molecule has 0 N–H and O–H groups in total. The lowest BCUT2D eigenvalue weighted by Crippen LogP contribution is -2.48. The molecule has 0 radical (unpaired) electrons. The van der Waals surface area contributed by atoms with E-state index in [2.05, 4.69) is 16.7 Å². The molecule has 0 aliphatic rings. The van der Waals surface area contributed by atoms with E-state index in [4.69, 9.17) is 4.74 Å². The Morgan fingerprint density at radius 2 is 1.77 bits per heavy atom. The number of urea groups is 1. The van der Waals surface area contributed by atoms with E-state index in [9.17, 15) is 9.59 Å². The summed E-state index contributed by atoms with van der Waals surface area (Å²) in [5.74, 6) is -0.0798. The Morgan fingerprint density at radius 3 is 2.37 bits per heavy atom. The van der Waals surface area contributed by atoms with Crippen LogP contribution in [0.15, 0.2) is 48.7 Å². The maximum Gasteiger partial charge on any atom is 0.320 e. The van der Waals surface area contributed by atoms with Gasteiger partial charge in [-0.1, -0.05) is 30.3 Å². The minimum atomic E-state index is -0.198. The van der Waals surface area contributed by atoms with Gasteiger partial charge in [0.25, 0.3) is 0 Å². The molecule has 0 aliphatic heterocycles. The summed E-state index contributed by atoms with van der Waals surface area (Å²) in [6, 6.07) is 14.1. The molecule has 164 valence electrons. The molecule has 1 aromatic carbocycles. The molecule has 0 spiro atoms. The van der Waals surface area contributed by atoms with Crippen molar-refractivity contribution in [3.8, 4) is 0 Å². The van der Waals surface area contributed by atoms with Gasteiger partial charge >= 0.3 is 6.03 Å². The summed E-state index contributed by atoms with van der Waals surface area (Å²) in [4.78, 5) is 30.4. The largest absolute Gasteiger partial charge is 0.383 e. The van der Waals surface area contributed by atoms with Gasteiger partial charge in [0, 0.05) is 52.2 Å². The van der Waals surface area contributed by atoms with Gasteiger partial charge in [0.15, 0.2) is 0 Å². The second kappa shape index (κ2) is 11.4. The summed E-state index contributed by atoms with van der Waals surface area (Å²) in [6.45, 7) is 6.01.